The minimum absolute atomic E-state index is 0.0879. The molecule has 0 bridgehead atoms. The van der Waals surface area contributed by atoms with Crippen LogP contribution in [0.3, 0.4) is 0 Å². The van der Waals surface area contributed by atoms with Gasteiger partial charge in [-0.15, -0.1) is 0 Å². The van der Waals surface area contributed by atoms with E-state index in [4.69, 9.17) is 5.73 Å². The maximum atomic E-state index is 12.4. The number of hydrogen-bond donors (Lipinski definition) is 1. The Labute approximate surface area is 113 Å². The van der Waals surface area contributed by atoms with Gasteiger partial charge in [0, 0.05) is 12.1 Å². The Balaban J connectivity index is 2.72. The number of anilines is 1. The van der Waals surface area contributed by atoms with Gasteiger partial charge in [0.25, 0.3) is 5.56 Å². The van der Waals surface area contributed by atoms with Crippen molar-refractivity contribution in [1.29, 1.82) is 0 Å². The van der Waals surface area contributed by atoms with Crippen LogP contribution in [0.1, 0.15) is 33.2 Å². The number of aromatic nitrogens is 2. The van der Waals surface area contributed by atoms with Crippen LogP contribution >= 0.6 is 0 Å². The lowest BCUT2D eigenvalue weighted by Gasteiger charge is -2.17. The lowest BCUT2D eigenvalue weighted by molar-refractivity contribution is 0.383. The van der Waals surface area contributed by atoms with Crippen molar-refractivity contribution in [2.24, 2.45) is 0 Å². The van der Waals surface area contributed by atoms with Crippen LogP contribution in [0.4, 0.5) is 5.69 Å². The number of nitrogens with two attached hydrogens (primary N) is 1. The first kappa shape index (κ1) is 13.5. The molecule has 4 nitrogen and oxygen atoms in total. The van der Waals surface area contributed by atoms with Crippen molar-refractivity contribution in [3.05, 3.63) is 40.7 Å². The van der Waals surface area contributed by atoms with Crippen molar-refractivity contribution in [3.63, 3.8) is 0 Å². The normalized spacial score (nSPS) is 12.6. The topological polar surface area (TPSA) is 52.9 Å². The Kier molecular flexibility index (Phi) is 3.79. The molecule has 2 N–H and O–H groups in total. The van der Waals surface area contributed by atoms with Crippen LogP contribution in [0, 0.1) is 0 Å². The van der Waals surface area contributed by atoms with Crippen LogP contribution in [0.25, 0.3) is 11.3 Å². The van der Waals surface area contributed by atoms with Gasteiger partial charge in [-0.05, 0) is 20.3 Å². The zero-order chi connectivity index (χ0) is 14.0. The molecule has 2 rings (SSSR count). The second-order valence-electron chi connectivity index (χ2n) is 4.75. The molecule has 2 aromatic rings. The van der Waals surface area contributed by atoms with Crippen LogP contribution in [-0.4, -0.2) is 9.36 Å². The third-order valence-electron chi connectivity index (χ3n) is 3.57. The molecule has 1 aromatic carbocycles. The molecule has 102 valence electrons. The third-order valence-corrected chi connectivity index (χ3v) is 3.57. The summed E-state index contributed by atoms with van der Waals surface area (Å²) < 4.78 is 3.76. The van der Waals surface area contributed by atoms with Gasteiger partial charge >= 0.3 is 0 Å². The summed E-state index contributed by atoms with van der Waals surface area (Å²) in [6.45, 7) is 6.87. The molecular formula is C15H21N3O. The van der Waals surface area contributed by atoms with Gasteiger partial charge in [0.05, 0.1) is 11.7 Å². The van der Waals surface area contributed by atoms with E-state index in [2.05, 4.69) is 6.92 Å². The molecule has 0 aliphatic rings. The van der Waals surface area contributed by atoms with Crippen molar-refractivity contribution in [2.45, 2.75) is 39.8 Å². The summed E-state index contributed by atoms with van der Waals surface area (Å²) in [5.74, 6) is 0. The molecular weight excluding hydrogens is 238 g/mol. The van der Waals surface area contributed by atoms with E-state index in [-0.39, 0.29) is 11.6 Å². The van der Waals surface area contributed by atoms with Crippen LogP contribution in [-0.2, 0) is 6.54 Å². The summed E-state index contributed by atoms with van der Waals surface area (Å²) in [4.78, 5) is 12.4. The summed E-state index contributed by atoms with van der Waals surface area (Å²) in [6.07, 6.45) is 0.900. The van der Waals surface area contributed by atoms with E-state index in [1.807, 2.05) is 48.9 Å². The fourth-order valence-corrected chi connectivity index (χ4v) is 2.40. The predicted molar refractivity (Wildman–Crippen MR) is 79.2 cm³/mol. The van der Waals surface area contributed by atoms with Crippen molar-refractivity contribution in [3.8, 4) is 11.3 Å². The smallest absolute Gasteiger partial charge is 0.290 e. The molecule has 0 aliphatic heterocycles. The summed E-state index contributed by atoms with van der Waals surface area (Å²) in [5, 5.41) is 0. The highest BCUT2D eigenvalue weighted by Gasteiger charge is 2.20. The first-order valence-corrected chi connectivity index (χ1v) is 6.77. The van der Waals surface area contributed by atoms with Crippen LogP contribution in [0.2, 0.25) is 0 Å². The SMILES string of the molecule is CCC(C)n1c(=O)c(N)c(-c2ccccc2)n1CC. The van der Waals surface area contributed by atoms with Gasteiger partial charge in [-0.25, -0.2) is 4.68 Å². The maximum Gasteiger partial charge on any atom is 0.290 e. The van der Waals surface area contributed by atoms with Crippen LogP contribution in [0.5, 0.6) is 0 Å². The molecule has 1 atom stereocenters. The Morgan fingerprint density at radius 2 is 1.84 bits per heavy atom. The molecule has 19 heavy (non-hydrogen) atoms. The maximum absolute atomic E-state index is 12.4. The van der Waals surface area contributed by atoms with Crippen molar-refractivity contribution in [2.75, 3.05) is 5.73 Å². The summed E-state index contributed by atoms with van der Waals surface area (Å²) in [7, 11) is 0. The molecule has 0 radical (unpaired) electrons. The Bertz CT molecular complexity index is 610. The van der Waals surface area contributed by atoms with E-state index in [1.165, 1.54) is 0 Å². The molecule has 1 aromatic heterocycles. The zero-order valence-electron chi connectivity index (χ0n) is 11.8. The Hall–Kier alpha value is -1.97. The summed E-state index contributed by atoms with van der Waals surface area (Å²) in [6, 6.07) is 9.99. The van der Waals surface area contributed by atoms with E-state index in [0.29, 0.717) is 5.69 Å². The monoisotopic (exact) mass is 259 g/mol. The van der Waals surface area contributed by atoms with Gasteiger partial charge in [-0.2, -0.15) is 0 Å². The van der Waals surface area contributed by atoms with E-state index >= 15 is 0 Å². The average Bonchev–Trinajstić information content (AvgIpc) is 2.71. The average molecular weight is 259 g/mol. The van der Waals surface area contributed by atoms with Gasteiger partial charge < -0.3 is 5.73 Å². The highest BCUT2D eigenvalue weighted by atomic mass is 16.1. The fourth-order valence-electron chi connectivity index (χ4n) is 2.40. The second-order valence-corrected chi connectivity index (χ2v) is 4.75. The van der Waals surface area contributed by atoms with Crippen molar-refractivity contribution in [1.82, 2.24) is 9.36 Å². The lowest BCUT2D eigenvalue weighted by Crippen LogP contribution is -2.26. The van der Waals surface area contributed by atoms with Gasteiger partial charge in [-0.1, -0.05) is 37.3 Å². The second kappa shape index (κ2) is 5.34. The van der Waals surface area contributed by atoms with Crippen LogP contribution < -0.4 is 11.3 Å². The highest BCUT2D eigenvalue weighted by molar-refractivity contribution is 5.72. The number of nitrogens with zero attached hydrogens (tertiary/aromatic N) is 2. The number of benzene rings is 1. The summed E-state index contributed by atoms with van der Waals surface area (Å²) >= 11 is 0. The first-order valence-electron chi connectivity index (χ1n) is 6.77. The molecule has 1 unspecified atom stereocenters. The molecule has 0 saturated carbocycles. The van der Waals surface area contributed by atoms with E-state index in [9.17, 15) is 4.79 Å². The molecule has 0 aliphatic carbocycles. The molecule has 0 spiro atoms. The molecule has 1 heterocycles. The Morgan fingerprint density at radius 3 is 2.37 bits per heavy atom. The lowest BCUT2D eigenvalue weighted by atomic mass is 10.1. The minimum Gasteiger partial charge on any atom is -0.392 e. The number of nitrogen functional groups attached to an aromatic ring is 1. The van der Waals surface area contributed by atoms with E-state index in [1.54, 1.807) is 4.68 Å². The number of rotatable bonds is 4. The molecule has 0 saturated heterocycles. The highest BCUT2D eigenvalue weighted by Crippen LogP contribution is 2.26. The predicted octanol–water partition coefficient (Wildman–Crippen LogP) is 2.89. The molecule has 0 fully saturated rings. The first-order chi connectivity index (χ1) is 9.11. The third kappa shape index (κ3) is 2.18. The zero-order valence-corrected chi connectivity index (χ0v) is 11.8. The Morgan fingerprint density at radius 1 is 1.21 bits per heavy atom. The fraction of sp³-hybridized carbons (Fsp3) is 0.400. The van der Waals surface area contributed by atoms with Crippen molar-refractivity contribution < 1.29 is 0 Å². The molecule has 0 amide bonds. The number of hydrogen-bond acceptors (Lipinski definition) is 2. The van der Waals surface area contributed by atoms with Gasteiger partial charge in [0.15, 0.2) is 0 Å². The van der Waals surface area contributed by atoms with Gasteiger partial charge in [0.1, 0.15) is 5.69 Å². The minimum atomic E-state index is -0.0879. The van der Waals surface area contributed by atoms with Crippen molar-refractivity contribution >= 4 is 5.69 Å². The van der Waals surface area contributed by atoms with Gasteiger partial charge in [-0.3, -0.25) is 9.48 Å². The van der Waals surface area contributed by atoms with Crippen LogP contribution in [0.15, 0.2) is 35.1 Å². The molecule has 4 heteroatoms. The van der Waals surface area contributed by atoms with E-state index < -0.39 is 0 Å². The largest absolute Gasteiger partial charge is 0.392 e. The standard InChI is InChI=1S/C15H21N3O/c1-4-11(3)18-15(19)13(16)14(17(18)5-2)12-9-7-6-8-10-12/h6-11H,4-5,16H2,1-3H3. The quantitative estimate of drug-likeness (QED) is 0.918. The van der Waals surface area contributed by atoms with Gasteiger partial charge in [0.2, 0.25) is 0 Å². The van der Waals surface area contributed by atoms with E-state index in [0.717, 1.165) is 24.2 Å². The summed E-state index contributed by atoms with van der Waals surface area (Å²) in [5.41, 5.74) is 8.12.